The van der Waals surface area contributed by atoms with E-state index in [4.69, 9.17) is 33.7 Å². The van der Waals surface area contributed by atoms with Crippen LogP contribution in [0.3, 0.4) is 0 Å². The summed E-state index contributed by atoms with van der Waals surface area (Å²) < 4.78 is 5.51. The molecule has 1 fully saturated rings. The van der Waals surface area contributed by atoms with Gasteiger partial charge in [0.25, 0.3) is 0 Å². The van der Waals surface area contributed by atoms with Crippen molar-refractivity contribution in [2.24, 2.45) is 5.73 Å². The van der Waals surface area contributed by atoms with Gasteiger partial charge in [0.15, 0.2) is 0 Å². The molecule has 6 heteroatoms. The first kappa shape index (κ1) is 15.6. The topological polar surface area (TPSA) is 64.3 Å². The van der Waals surface area contributed by atoms with E-state index in [1.54, 1.807) is 18.2 Å². The molecular formula is C14H18Cl2N2O2. The van der Waals surface area contributed by atoms with Crippen molar-refractivity contribution in [3.8, 4) is 0 Å². The average molecular weight is 317 g/mol. The fourth-order valence-electron chi connectivity index (χ4n) is 2.30. The molecule has 0 radical (unpaired) electrons. The second kappa shape index (κ2) is 6.76. The molecule has 3 N–H and O–H groups in total. The minimum atomic E-state index is -0.106. The minimum Gasteiger partial charge on any atom is -0.376 e. The molecule has 0 bridgehead atoms. The van der Waals surface area contributed by atoms with E-state index in [-0.39, 0.29) is 30.5 Å². The molecule has 0 aliphatic heterocycles. The van der Waals surface area contributed by atoms with Gasteiger partial charge in [-0.15, -0.1) is 0 Å². The van der Waals surface area contributed by atoms with Gasteiger partial charge in [0.1, 0.15) is 0 Å². The zero-order valence-electron chi connectivity index (χ0n) is 11.2. The number of hydrogen-bond acceptors (Lipinski definition) is 3. The second-order valence-corrected chi connectivity index (χ2v) is 5.73. The summed E-state index contributed by atoms with van der Waals surface area (Å²) in [6, 6.07) is 5.03. The molecular weight excluding hydrogens is 299 g/mol. The third-order valence-corrected chi connectivity index (χ3v) is 4.16. The quantitative estimate of drug-likeness (QED) is 0.875. The summed E-state index contributed by atoms with van der Waals surface area (Å²) in [5.41, 5.74) is 6.71. The molecule has 4 nitrogen and oxygen atoms in total. The van der Waals surface area contributed by atoms with Crippen LogP contribution in [0.2, 0.25) is 10.0 Å². The predicted octanol–water partition coefficient (Wildman–Crippen LogP) is 2.16. The number of hydrogen-bond donors (Lipinski definition) is 2. The Morgan fingerprint density at radius 3 is 2.80 bits per heavy atom. The summed E-state index contributed by atoms with van der Waals surface area (Å²) in [4.78, 5) is 12.0. The number of ether oxygens (including phenoxy) is 1. The molecule has 0 aromatic heterocycles. The highest BCUT2D eigenvalue weighted by molar-refractivity contribution is 6.42. The molecule has 1 aliphatic rings. The van der Waals surface area contributed by atoms with Crippen LogP contribution in [0, 0.1) is 0 Å². The second-order valence-electron chi connectivity index (χ2n) is 4.91. The van der Waals surface area contributed by atoms with Crippen LogP contribution in [0.15, 0.2) is 18.2 Å². The summed E-state index contributed by atoms with van der Waals surface area (Å²) >= 11 is 11.8. The van der Waals surface area contributed by atoms with Gasteiger partial charge >= 0.3 is 0 Å². The lowest BCUT2D eigenvalue weighted by atomic mass is 9.83. The Hall–Kier alpha value is -0.810. The van der Waals surface area contributed by atoms with Crippen molar-refractivity contribution in [3.05, 3.63) is 33.8 Å². The van der Waals surface area contributed by atoms with Gasteiger partial charge < -0.3 is 15.8 Å². The molecule has 0 saturated heterocycles. The van der Waals surface area contributed by atoms with Crippen LogP contribution < -0.4 is 11.1 Å². The van der Waals surface area contributed by atoms with Crippen molar-refractivity contribution < 1.29 is 9.53 Å². The molecule has 20 heavy (non-hydrogen) atoms. The predicted molar refractivity (Wildman–Crippen MR) is 80.1 cm³/mol. The molecule has 3 atom stereocenters. The van der Waals surface area contributed by atoms with Gasteiger partial charge in [-0.1, -0.05) is 29.3 Å². The van der Waals surface area contributed by atoms with Crippen LogP contribution in [-0.4, -0.2) is 30.7 Å². The van der Waals surface area contributed by atoms with E-state index < -0.39 is 0 Å². The Balaban J connectivity index is 1.90. The molecule has 2 rings (SSSR count). The van der Waals surface area contributed by atoms with E-state index in [9.17, 15) is 4.79 Å². The maximum absolute atomic E-state index is 12.0. The Bertz CT molecular complexity index is 494. The summed E-state index contributed by atoms with van der Waals surface area (Å²) in [6.07, 6.45) is 1.05. The largest absolute Gasteiger partial charge is 0.376 e. The number of benzene rings is 1. The molecule has 0 spiro atoms. The van der Waals surface area contributed by atoms with Gasteiger partial charge in [-0.3, -0.25) is 4.79 Å². The lowest BCUT2D eigenvalue weighted by Crippen LogP contribution is -2.64. The van der Waals surface area contributed by atoms with Crippen molar-refractivity contribution >= 4 is 29.1 Å². The maximum Gasteiger partial charge on any atom is 0.224 e. The van der Waals surface area contributed by atoms with Crippen LogP contribution >= 0.6 is 23.2 Å². The number of nitrogens with two attached hydrogens (primary N) is 1. The van der Waals surface area contributed by atoms with Crippen molar-refractivity contribution in [1.82, 2.24) is 5.32 Å². The normalized spacial score (nSPS) is 25.1. The lowest BCUT2D eigenvalue weighted by molar-refractivity contribution is -0.125. The zero-order chi connectivity index (χ0) is 14.7. The van der Waals surface area contributed by atoms with Crippen molar-refractivity contribution in [1.29, 1.82) is 0 Å². The van der Waals surface area contributed by atoms with E-state index in [1.165, 1.54) is 0 Å². The summed E-state index contributed by atoms with van der Waals surface area (Å²) in [6.45, 7) is 2.55. The number of nitrogens with one attached hydrogen (secondary N) is 1. The zero-order valence-corrected chi connectivity index (χ0v) is 12.7. The van der Waals surface area contributed by atoms with Gasteiger partial charge in [0, 0.05) is 12.6 Å². The molecule has 1 aromatic carbocycles. The fraction of sp³-hybridized carbons (Fsp3) is 0.500. The Kier molecular flexibility index (Phi) is 5.27. The van der Waals surface area contributed by atoms with Gasteiger partial charge in [-0.2, -0.15) is 0 Å². The molecule has 3 unspecified atom stereocenters. The third kappa shape index (κ3) is 3.64. The van der Waals surface area contributed by atoms with Crippen LogP contribution in [0.5, 0.6) is 0 Å². The van der Waals surface area contributed by atoms with E-state index in [1.807, 2.05) is 6.92 Å². The van der Waals surface area contributed by atoms with Gasteiger partial charge in [0.05, 0.1) is 28.6 Å². The summed E-state index contributed by atoms with van der Waals surface area (Å²) in [7, 11) is 0. The molecule has 1 aromatic rings. The highest BCUT2D eigenvalue weighted by Crippen LogP contribution is 2.24. The third-order valence-electron chi connectivity index (χ3n) is 3.42. The van der Waals surface area contributed by atoms with Crippen molar-refractivity contribution in [2.75, 3.05) is 6.61 Å². The first-order valence-corrected chi connectivity index (χ1v) is 7.37. The monoisotopic (exact) mass is 316 g/mol. The smallest absolute Gasteiger partial charge is 0.224 e. The Morgan fingerprint density at radius 2 is 2.20 bits per heavy atom. The number of halogens is 2. The standard InChI is InChI=1S/C14H18Cl2N2O2/c1-2-20-12-7-11(17)14(12)18-13(19)6-8-3-4-9(15)10(16)5-8/h3-5,11-12,14H,2,6-7,17H2,1H3,(H,18,19). The van der Waals surface area contributed by atoms with E-state index >= 15 is 0 Å². The lowest BCUT2D eigenvalue weighted by Gasteiger charge is -2.42. The average Bonchev–Trinajstić information content (AvgIpc) is 2.40. The van der Waals surface area contributed by atoms with E-state index in [2.05, 4.69) is 5.32 Å². The molecule has 1 aliphatic carbocycles. The van der Waals surface area contributed by atoms with Crippen LogP contribution in [-0.2, 0) is 16.0 Å². The van der Waals surface area contributed by atoms with E-state index in [0.717, 1.165) is 12.0 Å². The molecule has 1 saturated carbocycles. The maximum atomic E-state index is 12.0. The highest BCUT2D eigenvalue weighted by atomic mass is 35.5. The number of carbonyl (C=O) groups is 1. The first-order chi connectivity index (χ1) is 9.51. The van der Waals surface area contributed by atoms with Crippen molar-refractivity contribution in [3.63, 3.8) is 0 Å². The first-order valence-electron chi connectivity index (χ1n) is 6.61. The van der Waals surface area contributed by atoms with Gasteiger partial charge in [-0.25, -0.2) is 0 Å². The SMILES string of the molecule is CCOC1CC(N)C1NC(=O)Cc1ccc(Cl)c(Cl)c1. The summed E-state index contributed by atoms with van der Waals surface area (Å²) in [5.74, 6) is -0.0896. The molecule has 110 valence electrons. The van der Waals surface area contributed by atoms with E-state index in [0.29, 0.717) is 16.7 Å². The number of carbonyl (C=O) groups excluding carboxylic acids is 1. The molecule has 0 heterocycles. The van der Waals surface area contributed by atoms with Crippen LogP contribution in [0.1, 0.15) is 18.9 Å². The molecule has 1 amide bonds. The van der Waals surface area contributed by atoms with Crippen LogP contribution in [0.25, 0.3) is 0 Å². The number of amides is 1. The fourth-order valence-corrected chi connectivity index (χ4v) is 2.62. The highest BCUT2D eigenvalue weighted by Gasteiger charge is 2.40. The Labute approximate surface area is 128 Å². The number of rotatable bonds is 5. The summed E-state index contributed by atoms with van der Waals surface area (Å²) in [5, 5.41) is 3.85. The van der Waals surface area contributed by atoms with Gasteiger partial charge in [-0.05, 0) is 31.0 Å². The van der Waals surface area contributed by atoms with Crippen LogP contribution in [0.4, 0.5) is 0 Å². The van der Waals surface area contributed by atoms with Gasteiger partial charge in [0.2, 0.25) is 5.91 Å². The minimum absolute atomic E-state index is 0.0211. The Morgan fingerprint density at radius 1 is 1.45 bits per heavy atom. The van der Waals surface area contributed by atoms with Crippen molar-refractivity contribution in [2.45, 2.75) is 38.0 Å².